The predicted molar refractivity (Wildman–Crippen MR) is 113 cm³/mol. The zero-order valence-electron chi connectivity index (χ0n) is 15.7. The van der Waals surface area contributed by atoms with Crippen LogP contribution < -0.4 is 4.90 Å². The first-order chi connectivity index (χ1) is 13.6. The minimum Gasteiger partial charge on any atom is -0.368 e. The molecule has 28 heavy (non-hydrogen) atoms. The SMILES string of the molecule is O=C(c1cccs1)N1CCC(C(=O)N2CCN(c3cccc(Cl)c3)CC2)CC1. The van der Waals surface area contributed by atoms with Crippen molar-refractivity contribution in [2.75, 3.05) is 44.2 Å². The molecule has 0 spiro atoms. The monoisotopic (exact) mass is 417 g/mol. The number of piperidine rings is 1. The highest BCUT2D eigenvalue weighted by atomic mass is 35.5. The van der Waals surface area contributed by atoms with Gasteiger partial charge >= 0.3 is 0 Å². The highest BCUT2D eigenvalue weighted by molar-refractivity contribution is 7.12. The number of anilines is 1. The molecule has 0 radical (unpaired) electrons. The van der Waals surface area contributed by atoms with Gasteiger partial charge in [0.2, 0.25) is 5.91 Å². The van der Waals surface area contributed by atoms with E-state index in [0.717, 1.165) is 54.6 Å². The maximum absolute atomic E-state index is 12.9. The molecule has 0 saturated carbocycles. The van der Waals surface area contributed by atoms with Gasteiger partial charge in [0, 0.05) is 55.9 Å². The Morgan fingerprint density at radius 3 is 2.32 bits per heavy atom. The van der Waals surface area contributed by atoms with Crippen molar-refractivity contribution in [3.05, 3.63) is 51.7 Å². The van der Waals surface area contributed by atoms with Crippen LogP contribution in [0, 0.1) is 5.92 Å². The summed E-state index contributed by atoms with van der Waals surface area (Å²) in [5, 5.41) is 2.66. The van der Waals surface area contributed by atoms with Crippen molar-refractivity contribution in [2.45, 2.75) is 12.8 Å². The van der Waals surface area contributed by atoms with Gasteiger partial charge in [-0.15, -0.1) is 11.3 Å². The second-order valence-corrected chi connectivity index (χ2v) is 8.72. The lowest BCUT2D eigenvalue weighted by Gasteiger charge is -2.39. The molecule has 0 atom stereocenters. The van der Waals surface area contributed by atoms with E-state index in [1.54, 1.807) is 0 Å². The van der Waals surface area contributed by atoms with E-state index in [2.05, 4.69) is 11.0 Å². The van der Waals surface area contributed by atoms with Gasteiger partial charge in [-0.3, -0.25) is 9.59 Å². The Kier molecular flexibility index (Phi) is 5.87. The van der Waals surface area contributed by atoms with Crippen molar-refractivity contribution in [2.24, 2.45) is 5.92 Å². The van der Waals surface area contributed by atoms with Crippen molar-refractivity contribution < 1.29 is 9.59 Å². The highest BCUT2D eigenvalue weighted by Gasteiger charge is 2.32. The Balaban J connectivity index is 1.27. The zero-order chi connectivity index (χ0) is 19.5. The maximum atomic E-state index is 12.9. The summed E-state index contributed by atoms with van der Waals surface area (Å²) in [5.74, 6) is 0.370. The summed E-state index contributed by atoms with van der Waals surface area (Å²) in [5.41, 5.74) is 1.11. The average molecular weight is 418 g/mol. The second-order valence-electron chi connectivity index (χ2n) is 7.34. The smallest absolute Gasteiger partial charge is 0.263 e. The summed E-state index contributed by atoms with van der Waals surface area (Å²) in [6.07, 6.45) is 1.51. The van der Waals surface area contributed by atoms with Gasteiger partial charge in [-0.1, -0.05) is 23.7 Å². The molecule has 3 heterocycles. The number of amides is 2. The van der Waals surface area contributed by atoms with Crippen LogP contribution in [0.15, 0.2) is 41.8 Å². The molecule has 2 fully saturated rings. The van der Waals surface area contributed by atoms with E-state index in [-0.39, 0.29) is 17.7 Å². The van der Waals surface area contributed by atoms with Crippen molar-refractivity contribution in [3.8, 4) is 0 Å². The normalized spacial score (nSPS) is 18.4. The van der Waals surface area contributed by atoms with Gasteiger partial charge in [0.15, 0.2) is 0 Å². The van der Waals surface area contributed by atoms with Crippen molar-refractivity contribution in [3.63, 3.8) is 0 Å². The van der Waals surface area contributed by atoms with Crippen LogP contribution in [0.4, 0.5) is 5.69 Å². The molecule has 5 nitrogen and oxygen atoms in total. The molecular weight excluding hydrogens is 394 g/mol. The van der Waals surface area contributed by atoms with Crippen LogP contribution in [0.5, 0.6) is 0 Å². The molecule has 0 N–H and O–H groups in total. The van der Waals surface area contributed by atoms with Crippen molar-refractivity contribution in [1.82, 2.24) is 9.80 Å². The minimum absolute atomic E-state index is 0.0325. The topological polar surface area (TPSA) is 43.9 Å². The molecule has 0 bridgehead atoms. The number of hydrogen-bond donors (Lipinski definition) is 0. The Bertz CT molecular complexity index is 826. The van der Waals surface area contributed by atoms with Crippen LogP contribution >= 0.6 is 22.9 Å². The standard InChI is InChI=1S/C21H24ClN3O2S/c22-17-3-1-4-18(15-17)23-10-12-25(13-11-23)20(26)16-6-8-24(9-7-16)21(27)19-5-2-14-28-19/h1-5,14-16H,6-13H2. The maximum Gasteiger partial charge on any atom is 0.263 e. The van der Waals surface area contributed by atoms with Gasteiger partial charge in [0.05, 0.1) is 4.88 Å². The summed E-state index contributed by atoms with van der Waals surface area (Å²) in [4.78, 5) is 32.3. The number of carbonyl (C=O) groups is 2. The fourth-order valence-corrected chi connectivity index (χ4v) is 4.88. The summed E-state index contributed by atoms with van der Waals surface area (Å²) < 4.78 is 0. The number of halogens is 1. The number of thiophene rings is 1. The summed E-state index contributed by atoms with van der Waals surface area (Å²) >= 11 is 7.57. The summed E-state index contributed by atoms with van der Waals surface area (Å²) in [6, 6.07) is 11.6. The number of benzene rings is 1. The average Bonchev–Trinajstić information content (AvgIpc) is 3.28. The molecule has 4 rings (SSSR count). The largest absolute Gasteiger partial charge is 0.368 e. The molecule has 7 heteroatoms. The Labute approximate surface area is 174 Å². The molecule has 1 aromatic carbocycles. The highest BCUT2D eigenvalue weighted by Crippen LogP contribution is 2.25. The van der Waals surface area contributed by atoms with Crippen molar-refractivity contribution >= 4 is 40.4 Å². The van der Waals surface area contributed by atoms with E-state index in [1.807, 2.05) is 45.5 Å². The number of nitrogens with zero attached hydrogens (tertiary/aromatic N) is 3. The quantitative estimate of drug-likeness (QED) is 0.766. The lowest BCUT2D eigenvalue weighted by Crippen LogP contribution is -2.52. The van der Waals surface area contributed by atoms with Crippen LogP contribution in [0.1, 0.15) is 22.5 Å². The number of rotatable bonds is 3. The molecule has 2 aliphatic rings. The molecule has 2 aliphatic heterocycles. The van der Waals surface area contributed by atoms with E-state index in [0.29, 0.717) is 13.1 Å². The van der Waals surface area contributed by atoms with E-state index in [4.69, 9.17) is 11.6 Å². The van der Waals surface area contributed by atoms with E-state index in [1.165, 1.54) is 11.3 Å². The summed E-state index contributed by atoms with van der Waals surface area (Å²) in [6.45, 7) is 4.44. The molecular formula is C21H24ClN3O2S. The number of hydrogen-bond acceptors (Lipinski definition) is 4. The van der Waals surface area contributed by atoms with Crippen LogP contribution in [-0.4, -0.2) is 60.9 Å². The Hall–Kier alpha value is -2.05. The lowest BCUT2D eigenvalue weighted by molar-refractivity contribution is -0.137. The third kappa shape index (κ3) is 4.18. The fraction of sp³-hybridized carbons (Fsp3) is 0.429. The molecule has 2 aromatic rings. The first-order valence-corrected chi connectivity index (χ1v) is 11.0. The van der Waals surface area contributed by atoms with Gasteiger partial charge < -0.3 is 14.7 Å². The van der Waals surface area contributed by atoms with E-state index < -0.39 is 0 Å². The molecule has 1 aromatic heterocycles. The Morgan fingerprint density at radius 1 is 0.929 bits per heavy atom. The third-order valence-electron chi connectivity index (χ3n) is 5.63. The first kappa shape index (κ1) is 19.3. The van der Waals surface area contributed by atoms with Gasteiger partial charge in [0.1, 0.15) is 0 Å². The Morgan fingerprint density at radius 2 is 1.68 bits per heavy atom. The molecule has 0 unspecified atom stereocenters. The second kappa shape index (κ2) is 8.53. The molecule has 148 valence electrons. The van der Waals surface area contributed by atoms with Gasteiger partial charge in [-0.25, -0.2) is 0 Å². The minimum atomic E-state index is 0.0325. The summed E-state index contributed by atoms with van der Waals surface area (Å²) in [7, 11) is 0. The van der Waals surface area contributed by atoms with Gasteiger partial charge in [0.25, 0.3) is 5.91 Å². The van der Waals surface area contributed by atoms with Crippen LogP contribution in [0.2, 0.25) is 5.02 Å². The zero-order valence-corrected chi connectivity index (χ0v) is 17.3. The third-order valence-corrected chi connectivity index (χ3v) is 6.72. The van der Waals surface area contributed by atoms with E-state index >= 15 is 0 Å². The van der Waals surface area contributed by atoms with E-state index in [9.17, 15) is 9.59 Å². The van der Waals surface area contributed by atoms with Crippen LogP contribution in [-0.2, 0) is 4.79 Å². The number of likely N-dealkylation sites (tertiary alicyclic amines) is 1. The van der Waals surface area contributed by atoms with Crippen LogP contribution in [0.25, 0.3) is 0 Å². The van der Waals surface area contributed by atoms with Gasteiger partial charge in [-0.05, 0) is 42.5 Å². The number of piperazine rings is 1. The number of carbonyl (C=O) groups excluding carboxylic acids is 2. The fourth-order valence-electron chi connectivity index (χ4n) is 4.00. The van der Waals surface area contributed by atoms with Crippen LogP contribution in [0.3, 0.4) is 0 Å². The van der Waals surface area contributed by atoms with Gasteiger partial charge in [-0.2, -0.15) is 0 Å². The first-order valence-electron chi connectivity index (χ1n) is 9.74. The lowest BCUT2D eigenvalue weighted by atomic mass is 9.94. The van der Waals surface area contributed by atoms with Crippen molar-refractivity contribution in [1.29, 1.82) is 0 Å². The molecule has 2 saturated heterocycles. The molecule has 2 amide bonds. The predicted octanol–water partition coefficient (Wildman–Crippen LogP) is 3.60. The molecule has 0 aliphatic carbocycles.